The van der Waals surface area contributed by atoms with Gasteiger partial charge in [-0.2, -0.15) is 16.9 Å². The summed E-state index contributed by atoms with van der Waals surface area (Å²) in [5.74, 6) is 0.492. The van der Waals surface area contributed by atoms with E-state index in [1.165, 1.54) is 25.5 Å². The molecule has 2 aliphatic rings. The molecule has 0 spiro atoms. The Morgan fingerprint density at radius 3 is 2.42 bits per heavy atom. The van der Waals surface area contributed by atoms with Crippen molar-refractivity contribution in [2.45, 2.75) is 55.9 Å². The first-order valence-electron chi connectivity index (χ1n) is 7.11. The second kappa shape index (κ2) is 6.33. The highest BCUT2D eigenvalue weighted by Crippen LogP contribution is 2.36. The molecule has 3 atom stereocenters. The van der Waals surface area contributed by atoms with Gasteiger partial charge in [-0.3, -0.25) is 0 Å². The minimum atomic E-state index is -3.17. The van der Waals surface area contributed by atoms with E-state index in [2.05, 4.69) is 12.6 Å². The zero-order valence-corrected chi connectivity index (χ0v) is 13.5. The van der Waals surface area contributed by atoms with Crippen molar-refractivity contribution in [3.05, 3.63) is 0 Å². The molecule has 1 saturated carbocycles. The number of sulfonamides is 1. The van der Waals surface area contributed by atoms with Crippen molar-refractivity contribution >= 4 is 22.7 Å². The Labute approximate surface area is 122 Å². The van der Waals surface area contributed by atoms with Crippen molar-refractivity contribution < 1.29 is 13.2 Å². The lowest BCUT2D eigenvalue weighted by Gasteiger charge is -2.36. The third-order valence-electron chi connectivity index (χ3n) is 4.47. The van der Waals surface area contributed by atoms with Gasteiger partial charge in [-0.1, -0.05) is 19.3 Å². The molecule has 1 aliphatic heterocycles. The molecule has 0 aromatic rings. The zero-order chi connectivity index (χ0) is 14.0. The van der Waals surface area contributed by atoms with Crippen molar-refractivity contribution in [2.24, 2.45) is 5.92 Å². The summed E-state index contributed by atoms with van der Waals surface area (Å²) in [4.78, 5) is 0. The van der Waals surface area contributed by atoms with Gasteiger partial charge < -0.3 is 4.74 Å². The first-order chi connectivity index (χ1) is 8.93. The summed E-state index contributed by atoms with van der Waals surface area (Å²) in [6.45, 7) is 0.513. The van der Waals surface area contributed by atoms with Crippen LogP contribution in [0.1, 0.15) is 38.5 Å². The maximum atomic E-state index is 11.9. The van der Waals surface area contributed by atoms with Crippen LogP contribution in [-0.2, 0) is 14.8 Å². The molecule has 1 unspecified atom stereocenters. The lowest BCUT2D eigenvalue weighted by Crippen LogP contribution is -2.46. The van der Waals surface area contributed by atoms with E-state index >= 15 is 0 Å². The van der Waals surface area contributed by atoms with Gasteiger partial charge in [0.05, 0.1) is 18.4 Å². The Kier molecular flexibility index (Phi) is 5.20. The monoisotopic (exact) mass is 307 g/mol. The number of nitrogens with zero attached hydrogens (tertiary/aromatic N) is 1. The topological polar surface area (TPSA) is 46.6 Å². The molecule has 112 valence electrons. The second-order valence-corrected chi connectivity index (χ2v) is 8.55. The average molecular weight is 307 g/mol. The number of thiol groups is 1. The summed E-state index contributed by atoms with van der Waals surface area (Å²) >= 11 is 4.48. The first-order valence-corrected chi connectivity index (χ1v) is 9.47. The van der Waals surface area contributed by atoms with Gasteiger partial charge in [0, 0.05) is 18.9 Å². The fourth-order valence-corrected chi connectivity index (χ4v) is 5.27. The Morgan fingerprint density at radius 1 is 1.26 bits per heavy atom. The maximum Gasteiger partial charge on any atom is 0.211 e. The fourth-order valence-electron chi connectivity index (χ4n) is 3.62. The number of rotatable bonds is 4. The minimum absolute atomic E-state index is 0.0205. The lowest BCUT2D eigenvalue weighted by molar-refractivity contribution is -0.00265. The number of methoxy groups -OCH3 is 1. The van der Waals surface area contributed by atoms with Gasteiger partial charge in [-0.05, 0) is 25.2 Å². The Bertz CT molecular complexity index is 393. The van der Waals surface area contributed by atoms with E-state index in [-0.39, 0.29) is 17.4 Å². The van der Waals surface area contributed by atoms with Crippen LogP contribution in [0.25, 0.3) is 0 Å². The molecule has 6 heteroatoms. The SMILES string of the molecule is COC(C1CCCCC1)[C@@H]1C[C@@H](S)CN1S(C)(=O)=O. The van der Waals surface area contributed by atoms with E-state index in [4.69, 9.17) is 4.74 Å². The van der Waals surface area contributed by atoms with Crippen molar-refractivity contribution in [3.63, 3.8) is 0 Å². The number of hydrogen-bond donors (Lipinski definition) is 1. The third-order valence-corrected chi connectivity index (χ3v) is 6.11. The largest absolute Gasteiger partial charge is 0.379 e. The first kappa shape index (κ1) is 15.6. The van der Waals surface area contributed by atoms with Crippen LogP contribution in [0.3, 0.4) is 0 Å². The van der Waals surface area contributed by atoms with Gasteiger partial charge in [0.15, 0.2) is 0 Å². The van der Waals surface area contributed by atoms with Crippen LogP contribution < -0.4 is 0 Å². The van der Waals surface area contributed by atoms with E-state index in [1.54, 1.807) is 11.4 Å². The molecule has 0 aromatic carbocycles. The van der Waals surface area contributed by atoms with Crippen LogP contribution in [0.4, 0.5) is 0 Å². The van der Waals surface area contributed by atoms with Gasteiger partial charge in [-0.15, -0.1) is 0 Å². The van der Waals surface area contributed by atoms with Crippen LogP contribution in [0, 0.1) is 5.92 Å². The van der Waals surface area contributed by atoms with E-state index in [1.807, 2.05) is 0 Å². The fraction of sp³-hybridized carbons (Fsp3) is 1.00. The second-order valence-electron chi connectivity index (χ2n) is 5.89. The highest BCUT2D eigenvalue weighted by Gasteiger charge is 2.43. The predicted octanol–water partition coefficient (Wildman–Crippen LogP) is 1.91. The molecule has 2 rings (SSSR count). The minimum Gasteiger partial charge on any atom is -0.379 e. The molecule has 2 fully saturated rings. The molecule has 0 radical (unpaired) electrons. The number of ether oxygens (including phenoxy) is 1. The van der Waals surface area contributed by atoms with E-state index in [0.29, 0.717) is 12.5 Å². The summed E-state index contributed by atoms with van der Waals surface area (Å²) in [5, 5.41) is 0.126. The molecule has 0 bridgehead atoms. The maximum absolute atomic E-state index is 11.9. The molecule has 0 aromatic heterocycles. The summed E-state index contributed by atoms with van der Waals surface area (Å²) in [7, 11) is -1.46. The molecule has 4 nitrogen and oxygen atoms in total. The molecular weight excluding hydrogens is 282 g/mol. The molecule has 1 saturated heterocycles. The molecular formula is C13H25NO3S2. The Balaban J connectivity index is 2.15. The van der Waals surface area contributed by atoms with Crippen molar-refractivity contribution in [3.8, 4) is 0 Å². The van der Waals surface area contributed by atoms with E-state index < -0.39 is 10.0 Å². The molecule has 0 N–H and O–H groups in total. The Morgan fingerprint density at radius 2 is 1.89 bits per heavy atom. The van der Waals surface area contributed by atoms with Crippen LogP contribution in [0.5, 0.6) is 0 Å². The summed E-state index contributed by atoms with van der Waals surface area (Å²) in [5.41, 5.74) is 0. The zero-order valence-electron chi connectivity index (χ0n) is 11.8. The van der Waals surface area contributed by atoms with Crippen molar-refractivity contribution in [2.75, 3.05) is 19.9 Å². The van der Waals surface area contributed by atoms with Crippen molar-refractivity contribution in [1.29, 1.82) is 0 Å². The summed E-state index contributed by atoms with van der Waals surface area (Å²) < 4.78 is 31.2. The highest BCUT2D eigenvalue weighted by atomic mass is 32.2. The standard InChI is InChI=1S/C13H25NO3S2/c1-17-13(10-6-4-3-5-7-10)12-8-11(18)9-14(12)19(2,15)16/h10-13,18H,3-9H2,1-2H3/t11-,12+,13?/m1/s1. The Hall–Kier alpha value is 0.220. The van der Waals surface area contributed by atoms with Gasteiger partial charge in [0.25, 0.3) is 0 Å². The van der Waals surface area contributed by atoms with Crippen LogP contribution in [0.15, 0.2) is 0 Å². The molecule has 1 aliphatic carbocycles. The smallest absolute Gasteiger partial charge is 0.211 e. The third kappa shape index (κ3) is 3.65. The van der Waals surface area contributed by atoms with Crippen LogP contribution in [0.2, 0.25) is 0 Å². The molecule has 19 heavy (non-hydrogen) atoms. The predicted molar refractivity (Wildman–Crippen MR) is 80.1 cm³/mol. The normalized spacial score (nSPS) is 32.6. The van der Waals surface area contributed by atoms with Crippen molar-refractivity contribution in [1.82, 2.24) is 4.31 Å². The molecule has 1 heterocycles. The quantitative estimate of drug-likeness (QED) is 0.807. The van der Waals surface area contributed by atoms with Gasteiger partial charge in [0.1, 0.15) is 0 Å². The van der Waals surface area contributed by atoms with Crippen LogP contribution >= 0.6 is 12.6 Å². The highest BCUT2D eigenvalue weighted by molar-refractivity contribution is 7.88. The number of hydrogen-bond acceptors (Lipinski definition) is 4. The molecule has 0 amide bonds. The average Bonchev–Trinajstić information content (AvgIpc) is 2.73. The lowest BCUT2D eigenvalue weighted by atomic mass is 9.82. The van der Waals surface area contributed by atoms with Gasteiger partial charge in [-0.25, -0.2) is 8.42 Å². The van der Waals surface area contributed by atoms with E-state index in [0.717, 1.165) is 19.3 Å². The summed E-state index contributed by atoms with van der Waals surface area (Å²) in [6.07, 6.45) is 8.19. The van der Waals surface area contributed by atoms with Gasteiger partial charge in [0.2, 0.25) is 10.0 Å². The van der Waals surface area contributed by atoms with E-state index in [9.17, 15) is 8.42 Å². The van der Waals surface area contributed by atoms with Gasteiger partial charge >= 0.3 is 0 Å². The summed E-state index contributed by atoms with van der Waals surface area (Å²) in [6, 6.07) is -0.0365. The van der Waals surface area contributed by atoms with Crippen LogP contribution in [-0.4, -0.2) is 50.0 Å².